The molecular formula is C14H18N2O2. The van der Waals surface area contributed by atoms with E-state index in [-0.39, 0.29) is 6.04 Å². The van der Waals surface area contributed by atoms with E-state index in [1.54, 1.807) is 25.8 Å². The Labute approximate surface area is 107 Å². The Hall–Kier alpha value is -1.81. The molecule has 0 saturated carbocycles. The smallest absolute Gasteiger partial charge is 0.137 e. The lowest BCUT2D eigenvalue weighted by molar-refractivity contribution is 0.411. The highest BCUT2D eigenvalue weighted by Crippen LogP contribution is 2.24. The molecule has 1 N–H and O–H groups in total. The van der Waals surface area contributed by atoms with Crippen LogP contribution in [0.1, 0.15) is 30.5 Å². The van der Waals surface area contributed by atoms with Crippen LogP contribution in [0.25, 0.3) is 0 Å². The molecule has 0 fully saturated rings. The summed E-state index contributed by atoms with van der Waals surface area (Å²) in [4.78, 5) is 4.20. The Balaban J connectivity index is 2.27. The van der Waals surface area contributed by atoms with Gasteiger partial charge >= 0.3 is 0 Å². The monoisotopic (exact) mass is 246 g/mol. The van der Waals surface area contributed by atoms with E-state index in [4.69, 9.17) is 9.15 Å². The summed E-state index contributed by atoms with van der Waals surface area (Å²) in [6.07, 6.45) is 8.07. The minimum Gasteiger partial charge on any atom is -0.495 e. The van der Waals surface area contributed by atoms with E-state index in [2.05, 4.69) is 17.2 Å². The molecule has 1 atom stereocenters. The Kier molecular flexibility index (Phi) is 4.36. The fourth-order valence-electron chi connectivity index (χ4n) is 1.86. The van der Waals surface area contributed by atoms with E-state index >= 15 is 0 Å². The van der Waals surface area contributed by atoms with E-state index in [9.17, 15) is 0 Å². The number of hydrogen-bond acceptors (Lipinski definition) is 4. The zero-order chi connectivity index (χ0) is 12.8. The summed E-state index contributed by atoms with van der Waals surface area (Å²) in [5, 5.41) is 3.48. The minimum atomic E-state index is 0.0892. The molecule has 0 saturated heterocycles. The van der Waals surface area contributed by atoms with Gasteiger partial charge in [0.1, 0.15) is 5.75 Å². The SMILES string of the molecule is CCCNC(c1ccoc1)c1cncc(OC)c1. The third kappa shape index (κ3) is 2.90. The van der Waals surface area contributed by atoms with Crippen molar-refractivity contribution in [3.05, 3.63) is 48.2 Å². The highest BCUT2D eigenvalue weighted by molar-refractivity contribution is 5.32. The van der Waals surface area contributed by atoms with Gasteiger partial charge in [-0.1, -0.05) is 6.92 Å². The van der Waals surface area contributed by atoms with E-state index in [1.165, 1.54) is 0 Å². The summed E-state index contributed by atoms with van der Waals surface area (Å²) < 4.78 is 10.4. The molecule has 1 unspecified atom stereocenters. The average Bonchev–Trinajstić information content (AvgIpc) is 2.93. The first-order valence-electron chi connectivity index (χ1n) is 6.09. The van der Waals surface area contributed by atoms with Crippen LogP contribution in [0.4, 0.5) is 0 Å². The zero-order valence-corrected chi connectivity index (χ0v) is 10.7. The first kappa shape index (κ1) is 12.6. The number of rotatable bonds is 6. The number of ether oxygens (including phenoxy) is 1. The third-order valence-electron chi connectivity index (χ3n) is 2.78. The van der Waals surface area contributed by atoms with Gasteiger partial charge in [-0.05, 0) is 30.7 Å². The number of furan rings is 1. The van der Waals surface area contributed by atoms with Crippen LogP contribution in [0.2, 0.25) is 0 Å². The van der Waals surface area contributed by atoms with Crippen LogP contribution in [-0.2, 0) is 0 Å². The van der Waals surface area contributed by atoms with E-state index < -0.39 is 0 Å². The van der Waals surface area contributed by atoms with E-state index in [0.29, 0.717) is 0 Å². The van der Waals surface area contributed by atoms with Crippen LogP contribution in [0, 0.1) is 0 Å². The third-order valence-corrected chi connectivity index (χ3v) is 2.78. The lowest BCUT2D eigenvalue weighted by Gasteiger charge is -2.17. The normalized spacial score (nSPS) is 12.3. The zero-order valence-electron chi connectivity index (χ0n) is 10.7. The molecule has 0 aliphatic carbocycles. The summed E-state index contributed by atoms with van der Waals surface area (Å²) in [6, 6.07) is 4.05. The molecule has 2 aromatic rings. The Morgan fingerprint density at radius 3 is 2.94 bits per heavy atom. The van der Waals surface area contributed by atoms with Crippen LogP contribution >= 0.6 is 0 Å². The van der Waals surface area contributed by atoms with Crippen molar-refractivity contribution < 1.29 is 9.15 Å². The van der Waals surface area contributed by atoms with Crippen LogP contribution in [-0.4, -0.2) is 18.6 Å². The molecule has 0 aliphatic rings. The lowest BCUT2D eigenvalue weighted by atomic mass is 10.0. The second-order valence-corrected chi connectivity index (χ2v) is 4.10. The van der Waals surface area contributed by atoms with Crippen molar-refractivity contribution in [1.82, 2.24) is 10.3 Å². The van der Waals surface area contributed by atoms with Gasteiger partial charge in [-0.25, -0.2) is 0 Å². The summed E-state index contributed by atoms with van der Waals surface area (Å²) in [5.41, 5.74) is 2.17. The molecule has 18 heavy (non-hydrogen) atoms. The molecule has 4 heteroatoms. The van der Waals surface area contributed by atoms with E-state index in [0.717, 1.165) is 29.8 Å². The van der Waals surface area contributed by atoms with Crippen LogP contribution in [0.15, 0.2) is 41.5 Å². The number of nitrogens with one attached hydrogen (secondary N) is 1. The molecule has 2 heterocycles. The molecule has 2 aromatic heterocycles. The highest BCUT2D eigenvalue weighted by Gasteiger charge is 2.15. The lowest BCUT2D eigenvalue weighted by Crippen LogP contribution is -2.22. The van der Waals surface area contributed by atoms with Crippen molar-refractivity contribution in [1.29, 1.82) is 0 Å². The first-order valence-corrected chi connectivity index (χ1v) is 6.09. The predicted octanol–water partition coefficient (Wildman–Crippen LogP) is 2.77. The standard InChI is InChI=1S/C14H18N2O2/c1-3-5-16-14(11-4-6-18-10-11)12-7-13(17-2)9-15-8-12/h4,6-10,14,16H,3,5H2,1-2H3. The van der Waals surface area contributed by atoms with Crippen LogP contribution < -0.4 is 10.1 Å². The molecule has 4 nitrogen and oxygen atoms in total. The molecule has 0 radical (unpaired) electrons. The molecule has 0 aromatic carbocycles. The van der Waals surface area contributed by atoms with Crippen LogP contribution in [0.5, 0.6) is 5.75 Å². The van der Waals surface area contributed by atoms with Crippen molar-refractivity contribution in [3.63, 3.8) is 0 Å². The summed E-state index contributed by atoms with van der Waals surface area (Å²) >= 11 is 0. The van der Waals surface area contributed by atoms with Crippen molar-refractivity contribution >= 4 is 0 Å². The Morgan fingerprint density at radius 2 is 2.28 bits per heavy atom. The molecule has 0 spiro atoms. The fraction of sp³-hybridized carbons (Fsp3) is 0.357. The van der Waals surface area contributed by atoms with Gasteiger partial charge in [0.25, 0.3) is 0 Å². The van der Waals surface area contributed by atoms with E-state index in [1.807, 2.05) is 18.3 Å². The summed E-state index contributed by atoms with van der Waals surface area (Å²) in [6.45, 7) is 3.08. The quantitative estimate of drug-likeness (QED) is 0.851. The maximum atomic E-state index is 5.21. The van der Waals surface area contributed by atoms with Gasteiger partial charge in [-0.3, -0.25) is 4.98 Å². The topological polar surface area (TPSA) is 47.3 Å². The number of pyridine rings is 1. The number of methoxy groups -OCH3 is 1. The second-order valence-electron chi connectivity index (χ2n) is 4.10. The Bertz CT molecular complexity index is 468. The fourth-order valence-corrected chi connectivity index (χ4v) is 1.86. The highest BCUT2D eigenvalue weighted by atomic mass is 16.5. The van der Waals surface area contributed by atoms with Gasteiger partial charge in [0, 0.05) is 11.8 Å². The molecule has 0 bridgehead atoms. The maximum absolute atomic E-state index is 5.21. The minimum absolute atomic E-state index is 0.0892. The van der Waals surface area contributed by atoms with Crippen molar-refractivity contribution in [3.8, 4) is 5.75 Å². The van der Waals surface area contributed by atoms with Gasteiger partial charge in [-0.2, -0.15) is 0 Å². The number of aromatic nitrogens is 1. The Morgan fingerprint density at radius 1 is 1.39 bits per heavy atom. The summed E-state index contributed by atoms with van der Waals surface area (Å²) in [5.74, 6) is 0.763. The largest absolute Gasteiger partial charge is 0.495 e. The molecule has 2 rings (SSSR count). The molecule has 0 amide bonds. The average molecular weight is 246 g/mol. The van der Waals surface area contributed by atoms with Gasteiger partial charge in [0.05, 0.1) is 31.9 Å². The molecular weight excluding hydrogens is 228 g/mol. The van der Waals surface area contributed by atoms with Crippen LogP contribution in [0.3, 0.4) is 0 Å². The predicted molar refractivity (Wildman–Crippen MR) is 69.6 cm³/mol. The van der Waals surface area contributed by atoms with Crippen molar-refractivity contribution in [2.45, 2.75) is 19.4 Å². The second kappa shape index (κ2) is 6.21. The number of hydrogen-bond donors (Lipinski definition) is 1. The first-order chi connectivity index (χ1) is 8.85. The van der Waals surface area contributed by atoms with Gasteiger partial charge in [0.2, 0.25) is 0 Å². The molecule has 96 valence electrons. The van der Waals surface area contributed by atoms with Gasteiger partial charge in [0.15, 0.2) is 0 Å². The van der Waals surface area contributed by atoms with Gasteiger partial charge in [-0.15, -0.1) is 0 Å². The number of nitrogens with zero attached hydrogens (tertiary/aromatic N) is 1. The molecule has 0 aliphatic heterocycles. The van der Waals surface area contributed by atoms with Gasteiger partial charge < -0.3 is 14.5 Å². The summed E-state index contributed by atoms with van der Waals surface area (Å²) in [7, 11) is 1.65. The van der Waals surface area contributed by atoms with Crippen molar-refractivity contribution in [2.24, 2.45) is 0 Å². The van der Waals surface area contributed by atoms with Crippen molar-refractivity contribution in [2.75, 3.05) is 13.7 Å². The maximum Gasteiger partial charge on any atom is 0.137 e.